The standard InChI is InChI=1S/C10H14FN5/c1-5-6(2)8(4-3-7(5)11)15-10(14)16-9(12)13/h3-4H,1-2H3,(H6,12,13,14,15,16). The van der Waals surface area contributed by atoms with Crippen LogP contribution >= 0.6 is 0 Å². The lowest BCUT2D eigenvalue weighted by atomic mass is 10.1. The van der Waals surface area contributed by atoms with E-state index in [0.717, 1.165) is 0 Å². The number of nitrogens with two attached hydrogens (primary N) is 3. The molecule has 0 atom stereocenters. The van der Waals surface area contributed by atoms with Gasteiger partial charge in [-0.25, -0.2) is 9.38 Å². The molecule has 1 rings (SSSR count). The minimum atomic E-state index is -0.281. The van der Waals surface area contributed by atoms with Gasteiger partial charge in [0.1, 0.15) is 5.82 Å². The summed E-state index contributed by atoms with van der Waals surface area (Å²) < 4.78 is 13.2. The fourth-order valence-electron chi connectivity index (χ4n) is 1.18. The Labute approximate surface area is 92.9 Å². The molecule has 0 unspecified atom stereocenters. The third-order valence-electron chi connectivity index (χ3n) is 2.17. The molecule has 5 nitrogen and oxygen atoms in total. The predicted molar refractivity (Wildman–Crippen MR) is 63.0 cm³/mol. The van der Waals surface area contributed by atoms with E-state index in [1.807, 2.05) is 0 Å². The van der Waals surface area contributed by atoms with Crippen LogP contribution in [0.4, 0.5) is 10.1 Å². The normalized spacial score (nSPS) is 11.3. The Kier molecular flexibility index (Phi) is 3.44. The summed E-state index contributed by atoms with van der Waals surface area (Å²) in [4.78, 5) is 7.55. The molecule has 1 aromatic carbocycles. The highest BCUT2D eigenvalue weighted by molar-refractivity contribution is 5.93. The van der Waals surface area contributed by atoms with E-state index in [1.54, 1.807) is 13.8 Å². The topological polar surface area (TPSA) is 103 Å². The van der Waals surface area contributed by atoms with Gasteiger partial charge in [0, 0.05) is 0 Å². The molecule has 0 fully saturated rings. The van der Waals surface area contributed by atoms with Gasteiger partial charge in [0.05, 0.1) is 5.69 Å². The van der Waals surface area contributed by atoms with Gasteiger partial charge in [-0.05, 0) is 37.1 Å². The summed E-state index contributed by atoms with van der Waals surface area (Å²) in [5, 5.41) is 0. The summed E-state index contributed by atoms with van der Waals surface area (Å²) >= 11 is 0. The molecule has 0 amide bonds. The average Bonchev–Trinajstić information content (AvgIpc) is 2.18. The Balaban J connectivity index is 3.17. The number of hydrogen-bond donors (Lipinski definition) is 3. The SMILES string of the molecule is Cc1c(F)ccc(N=C(N)N=C(N)N)c1C. The van der Waals surface area contributed by atoms with Gasteiger partial charge in [-0.3, -0.25) is 0 Å². The molecule has 0 aromatic heterocycles. The first-order valence-corrected chi connectivity index (χ1v) is 4.61. The van der Waals surface area contributed by atoms with E-state index in [1.165, 1.54) is 12.1 Å². The van der Waals surface area contributed by atoms with E-state index in [2.05, 4.69) is 9.98 Å². The van der Waals surface area contributed by atoms with Crippen LogP contribution in [0.15, 0.2) is 22.1 Å². The summed E-state index contributed by atoms with van der Waals surface area (Å²) in [6.07, 6.45) is 0. The highest BCUT2D eigenvalue weighted by Gasteiger charge is 2.05. The second-order valence-electron chi connectivity index (χ2n) is 3.32. The summed E-state index contributed by atoms with van der Waals surface area (Å²) in [6, 6.07) is 2.84. The van der Waals surface area contributed by atoms with Gasteiger partial charge < -0.3 is 17.2 Å². The van der Waals surface area contributed by atoms with Crippen molar-refractivity contribution in [3.05, 3.63) is 29.1 Å². The van der Waals surface area contributed by atoms with Crippen LogP contribution in [0.5, 0.6) is 0 Å². The average molecular weight is 223 g/mol. The zero-order chi connectivity index (χ0) is 12.3. The maximum absolute atomic E-state index is 13.2. The third-order valence-corrected chi connectivity index (χ3v) is 2.17. The number of rotatable bonds is 1. The first kappa shape index (κ1) is 12.0. The lowest BCUT2D eigenvalue weighted by molar-refractivity contribution is 0.617. The first-order chi connectivity index (χ1) is 7.41. The summed E-state index contributed by atoms with van der Waals surface area (Å²) in [7, 11) is 0. The molecule has 0 aliphatic carbocycles. The van der Waals surface area contributed by atoms with Crippen LogP contribution in [0.2, 0.25) is 0 Å². The molecule has 0 aliphatic heterocycles. The minimum Gasteiger partial charge on any atom is -0.370 e. The summed E-state index contributed by atoms with van der Waals surface area (Å²) in [5.74, 6) is -0.510. The van der Waals surface area contributed by atoms with E-state index in [0.29, 0.717) is 16.8 Å². The maximum Gasteiger partial charge on any atom is 0.223 e. The Hall–Kier alpha value is -2.11. The van der Waals surface area contributed by atoms with Gasteiger partial charge in [0.2, 0.25) is 5.96 Å². The molecule has 1 aromatic rings. The van der Waals surface area contributed by atoms with Gasteiger partial charge in [-0.1, -0.05) is 0 Å². The lowest BCUT2D eigenvalue weighted by Crippen LogP contribution is -2.26. The van der Waals surface area contributed by atoms with Crippen molar-refractivity contribution in [2.75, 3.05) is 0 Å². The zero-order valence-corrected chi connectivity index (χ0v) is 9.16. The zero-order valence-electron chi connectivity index (χ0n) is 9.16. The summed E-state index contributed by atoms with van der Waals surface area (Å²) in [5.41, 5.74) is 17.5. The Morgan fingerprint density at radius 2 is 1.75 bits per heavy atom. The van der Waals surface area contributed by atoms with Crippen molar-refractivity contribution in [2.45, 2.75) is 13.8 Å². The van der Waals surface area contributed by atoms with Crippen LogP contribution in [0, 0.1) is 19.7 Å². The Bertz CT molecular complexity index is 461. The predicted octanol–water partition coefficient (Wildman–Crippen LogP) is 0.662. The fraction of sp³-hybridized carbons (Fsp3) is 0.200. The molecule has 0 radical (unpaired) electrons. The number of nitrogens with zero attached hydrogens (tertiary/aromatic N) is 2. The molecule has 0 saturated carbocycles. The monoisotopic (exact) mass is 223 g/mol. The molecule has 0 spiro atoms. The molecule has 86 valence electrons. The van der Waals surface area contributed by atoms with Crippen molar-refractivity contribution in [3.8, 4) is 0 Å². The van der Waals surface area contributed by atoms with Gasteiger partial charge in [-0.15, -0.1) is 0 Å². The molecule has 6 N–H and O–H groups in total. The van der Waals surface area contributed by atoms with E-state index in [9.17, 15) is 4.39 Å². The molecule has 0 heterocycles. The number of hydrogen-bond acceptors (Lipinski definition) is 1. The summed E-state index contributed by atoms with van der Waals surface area (Å²) in [6.45, 7) is 3.42. The minimum absolute atomic E-state index is 0.0610. The van der Waals surface area contributed by atoms with E-state index in [4.69, 9.17) is 17.2 Å². The fourth-order valence-corrected chi connectivity index (χ4v) is 1.18. The number of halogens is 1. The van der Waals surface area contributed by atoms with Crippen molar-refractivity contribution in [3.63, 3.8) is 0 Å². The highest BCUT2D eigenvalue weighted by atomic mass is 19.1. The van der Waals surface area contributed by atoms with Gasteiger partial charge in [0.15, 0.2) is 5.96 Å². The van der Waals surface area contributed by atoms with Crippen molar-refractivity contribution in [1.29, 1.82) is 0 Å². The highest BCUT2D eigenvalue weighted by Crippen LogP contribution is 2.23. The molecule has 0 bridgehead atoms. The quantitative estimate of drug-likeness (QED) is 0.481. The molecule has 6 heteroatoms. The Morgan fingerprint density at radius 3 is 2.31 bits per heavy atom. The smallest absolute Gasteiger partial charge is 0.223 e. The molecule has 0 aliphatic rings. The van der Waals surface area contributed by atoms with E-state index in [-0.39, 0.29) is 17.7 Å². The van der Waals surface area contributed by atoms with Crippen molar-refractivity contribution in [1.82, 2.24) is 0 Å². The van der Waals surface area contributed by atoms with Crippen molar-refractivity contribution in [2.24, 2.45) is 27.2 Å². The Morgan fingerprint density at radius 1 is 1.12 bits per heavy atom. The molecular weight excluding hydrogens is 209 g/mol. The van der Waals surface area contributed by atoms with E-state index < -0.39 is 0 Å². The second kappa shape index (κ2) is 4.61. The number of benzene rings is 1. The van der Waals surface area contributed by atoms with Crippen LogP contribution in [0.3, 0.4) is 0 Å². The van der Waals surface area contributed by atoms with E-state index >= 15 is 0 Å². The van der Waals surface area contributed by atoms with Crippen LogP contribution < -0.4 is 17.2 Å². The number of guanidine groups is 2. The van der Waals surface area contributed by atoms with Crippen molar-refractivity contribution < 1.29 is 4.39 Å². The lowest BCUT2D eigenvalue weighted by Gasteiger charge is -2.05. The van der Waals surface area contributed by atoms with Crippen molar-refractivity contribution >= 4 is 17.6 Å². The molecule has 0 saturated heterocycles. The van der Waals surface area contributed by atoms with Crippen LogP contribution in [-0.2, 0) is 0 Å². The van der Waals surface area contributed by atoms with Gasteiger partial charge in [-0.2, -0.15) is 4.99 Å². The van der Waals surface area contributed by atoms with Crippen LogP contribution in [0.1, 0.15) is 11.1 Å². The molecule has 16 heavy (non-hydrogen) atoms. The maximum atomic E-state index is 13.2. The van der Waals surface area contributed by atoms with Crippen LogP contribution in [0.25, 0.3) is 0 Å². The second-order valence-corrected chi connectivity index (χ2v) is 3.32. The van der Waals surface area contributed by atoms with Crippen LogP contribution in [-0.4, -0.2) is 11.9 Å². The van der Waals surface area contributed by atoms with Gasteiger partial charge >= 0.3 is 0 Å². The van der Waals surface area contributed by atoms with Gasteiger partial charge in [0.25, 0.3) is 0 Å². The first-order valence-electron chi connectivity index (χ1n) is 4.61. The largest absolute Gasteiger partial charge is 0.370 e. The number of aliphatic imine (C=N–C) groups is 2. The third kappa shape index (κ3) is 2.69. The molecular formula is C10H14FN5.